The van der Waals surface area contributed by atoms with Crippen LogP contribution in [0, 0.1) is 5.41 Å². The van der Waals surface area contributed by atoms with Gasteiger partial charge in [-0.2, -0.15) is 4.98 Å². The average molecular weight is 477 g/mol. The Morgan fingerprint density at radius 2 is 1.77 bits per heavy atom. The lowest BCUT2D eigenvalue weighted by atomic mass is 9.73. The standard InChI is InChI=1S/C26H28N4O5/c1-26(2)12-17-21(18(32)13-26)22(14-7-6-8-16(31)9-14)30-25(27-17)28-24(29-30)15-10-19(33-3)23(35-5)20(11-15)34-4/h6-11,22,31H,12-13H2,1-5H3,(H,27,28,29). The number of phenols is 1. The van der Waals surface area contributed by atoms with Crippen molar-refractivity contribution in [3.8, 4) is 34.4 Å². The molecule has 0 bridgehead atoms. The molecule has 2 heterocycles. The fraction of sp³-hybridized carbons (Fsp3) is 0.346. The molecule has 0 spiro atoms. The van der Waals surface area contributed by atoms with E-state index in [1.165, 1.54) is 0 Å². The van der Waals surface area contributed by atoms with E-state index in [0.29, 0.717) is 53.0 Å². The summed E-state index contributed by atoms with van der Waals surface area (Å²) >= 11 is 0. The number of ether oxygens (including phenoxy) is 3. The van der Waals surface area contributed by atoms with Gasteiger partial charge in [0.2, 0.25) is 11.7 Å². The second-order valence-corrected chi connectivity index (χ2v) is 9.57. The van der Waals surface area contributed by atoms with Crippen LogP contribution in [0.5, 0.6) is 23.0 Å². The smallest absolute Gasteiger partial charge is 0.226 e. The van der Waals surface area contributed by atoms with Gasteiger partial charge in [-0.05, 0) is 41.7 Å². The van der Waals surface area contributed by atoms with Crippen LogP contribution in [0.3, 0.4) is 0 Å². The van der Waals surface area contributed by atoms with Crippen LogP contribution in [0.25, 0.3) is 11.4 Å². The number of methoxy groups -OCH3 is 3. The third-order valence-electron chi connectivity index (χ3n) is 6.44. The Morgan fingerprint density at radius 1 is 1.06 bits per heavy atom. The lowest BCUT2D eigenvalue weighted by Crippen LogP contribution is -2.36. The topological polar surface area (TPSA) is 108 Å². The largest absolute Gasteiger partial charge is 0.508 e. The zero-order valence-corrected chi connectivity index (χ0v) is 20.4. The Labute approximate surface area is 203 Å². The number of phenolic OH excluding ortho intramolecular Hbond substituents is 1. The molecule has 2 aliphatic rings. The normalized spacial score (nSPS) is 18.4. The molecule has 1 atom stereocenters. The average Bonchev–Trinajstić information content (AvgIpc) is 3.24. The molecule has 0 fully saturated rings. The Bertz CT molecular complexity index is 1330. The number of benzene rings is 2. The summed E-state index contributed by atoms with van der Waals surface area (Å²) in [4.78, 5) is 18.1. The monoisotopic (exact) mass is 476 g/mol. The summed E-state index contributed by atoms with van der Waals surface area (Å²) in [5.41, 5.74) is 2.76. The van der Waals surface area contributed by atoms with E-state index in [0.717, 1.165) is 11.3 Å². The van der Waals surface area contributed by atoms with Gasteiger partial charge in [0, 0.05) is 23.3 Å². The highest BCUT2D eigenvalue weighted by Gasteiger charge is 2.42. The predicted octanol–water partition coefficient (Wildman–Crippen LogP) is 4.33. The summed E-state index contributed by atoms with van der Waals surface area (Å²) in [5, 5.41) is 18.4. The number of ketones is 1. The third kappa shape index (κ3) is 3.86. The van der Waals surface area contributed by atoms with Crippen molar-refractivity contribution in [3.63, 3.8) is 0 Å². The lowest BCUT2D eigenvalue weighted by molar-refractivity contribution is -0.118. The van der Waals surface area contributed by atoms with E-state index < -0.39 is 6.04 Å². The first kappa shape index (κ1) is 22.8. The van der Waals surface area contributed by atoms with Crippen molar-refractivity contribution < 1.29 is 24.1 Å². The molecule has 0 saturated heterocycles. The summed E-state index contributed by atoms with van der Waals surface area (Å²) in [6.45, 7) is 4.17. The maximum absolute atomic E-state index is 13.4. The van der Waals surface area contributed by atoms with E-state index in [2.05, 4.69) is 19.2 Å². The Kier molecular flexibility index (Phi) is 5.42. The van der Waals surface area contributed by atoms with Crippen molar-refractivity contribution >= 4 is 11.7 Å². The van der Waals surface area contributed by atoms with Gasteiger partial charge in [0.05, 0.1) is 21.3 Å². The Hall–Kier alpha value is -4.01. The van der Waals surface area contributed by atoms with Crippen LogP contribution in [-0.4, -0.2) is 47.0 Å². The zero-order chi connectivity index (χ0) is 24.9. The minimum absolute atomic E-state index is 0.0626. The minimum Gasteiger partial charge on any atom is -0.508 e. The maximum atomic E-state index is 13.4. The summed E-state index contributed by atoms with van der Waals surface area (Å²) in [6.07, 6.45) is 1.14. The van der Waals surface area contributed by atoms with Crippen molar-refractivity contribution in [2.45, 2.75) is 32.7 Å². The number of carbonyl (C=O) groups excluding carboxylic acids is 1. The molecule has 1 aliphatic carbocycles. The molecule has 0 saturated carbocycles. The number of aromatic hydroxyl groups is 1. The second kappa shape index (κ2) is 8.33. The van der Waals surface area contributed by atoms with Crippen molar-refractivity contribution in [1.29, 1.82) is 0 Å². The molecule has 35 heavy (non-hydrogen) atoms. The fourth-order valence-corrected chi connectivity index (χ4v) is 4.94. The van der Waals surface area contributed by atoms with E-state index in [1.807, 2.05) is 6.07 Å². The molecule has 0 amide bonds. The van der Waals surface area contributed by atoms with Crippen LogP contribution in [0.2, 0.25) is 0 Å². The first-order valence-electron chi connectivity index (χ1n) is 11.3. The second-order valence-electron chi connectivity index (χ2n) is 9.57. The Morgan fingerprint density at radius 3 is 2.40 bits per heavy atom. The molecular weight excluding hydrogens is 448 g/mol. The van der Waals surface area contributed by atoms with Gasteiger partial charge in [0.25, 0.3) is 0 Å². The van der Waals surface area contributed by atoms with Gasteiger partial charge in [-0.25, -0.2) is 4.68 Å². The van der Waals surface area contributed by atoms with Crippen molar-refractivity contribution in [2.24, 2.45) is 5.41 Å². The number of aromatic nitrogens is 3. The number of nitrogens with one attached hydrogen (secondary N) is 1. The Balaban J connectivity index is 1.68. The molecular formula is C26H28N4O5. The van der Waals surface area contributed by atoms with Gasteiger partial charge in [-0.3, -0.25) is 4.79 Å². The summed E-state index contributed by atoms with van der Waals surface area (Å²) < 4.78 is 18.1. The van der Waals surface area contributed by atoms with Crippen LogP contribution in [0.4, 0.5) is 5.95 Å². The molecule has 1 aromatic heterocycles. The van der Waals surface area contributed by atoms with Gasteiger partial charge >= 0.3 is 0 Å². The van der Waals surface area contributed by atoms with Crippen LogP contribution < -0.4 is 19.5 Å². The van der Waals surface area contributed by atoms with Gasteiger partial charge in [0.15, 0.2) is 23.1 Å². The highest BCUT2D eigenvalue weighted by Crippen LogP contribution is 2.47. The first-order chi connectivity index (χ1) is 16.7. The van der Waals surface area contributed by atoms with E-state index in [4.69, 9.17) is 24.3 Å². The van der Waals surface area contributed by atoms with Crippen molar-refractivity contribution in [2.75, 3.05) is 26.6 Å². The highest BCUT2D eigenvalue weighted by molar-refractivity contribution is 6.00. The molecule has 1 aliphatic heterocycles. The number of hydrogen-bond acceptors (Lipinski definition) is 8. The van der Waals surface area contributed by atoms with Crippen molar-refractivity contribution in [1.82, 2.24) is 14.8 Å². The number of rotatable bonds is 5. The molecule has 9 heteroatoms. The lowest BCUT2D eigenvalue weighted by Gasteiger charge is -2.38. The van der Waals surface area contributed by atoms with E-state index in [1.54, 1.807) is 56.3 Å². The number of Topliss-reactive ketones (excluding diaryl/α,β-unsaturated/α-hetero) is 1. The number of carbonyl (C=O) groups is 1. The van der Waals surface area contributed by atoms with E-state index in [9.17, 15) is 9.90 Å². The molecule has 2 aromatic carbocycles. The molecule has 2 N–H and O–H groups in total. The molecule has 0 radical (unpaired) electrons. The summed E-state index contributed by atoms with van der Waals surface area (Å²) in [7, 11) is 4.65. The first-order valence-corrected chi connectivity index (χ1v) is 11.3. The third-order valence-corrected chi connectivity index (χ3v) is 6.44. The maximum Gasteiger partial charge on any atom is 0.226 e. The van der Waals surface area contributed by atoms with Gasteiger partial charge in [-0.1, -0.05) is 26.0 Å². The van der Waals surface area contributed by atoms with Crippen molar-refractivity contribution in [3.05, 3.63) is 53.2 Å². The predicted molar refractivity (Wildman–Crippen MR) is 130 cm³/mol. The molecule has 5 rings (SSSR count). The van der Waals surface area contributed by atoms with Crippen LogP contribution >= 0.6 is 0 Å². The van der Waals surface area contributed by atoms with Crippen LogP contribution in [-0.2, 0) is 4.79 Å². The van der Waals surface area contributed by atoms with E-state index >= 15 is 0 Å². The van der Waals surface area contributed by atoms with Gasteiger partial charge < -0.3 is 24.6 Å². The number of hydrogen-bond donors (Lipinski definition) is 2. The molecule has 182 valence electrons. The van der Waals surface area contributed by atoms with Gasteiger partial charge in [-0.15, -0.1) is 5.10 Å². The molecule has 3 aromatic rings. The summed E-state index contributed by atoms with van der Waals surface area (Å²) in [6, 6.07) is 9.98. The fourth-order valence-electron chi connectivity index (χ4n) is 4.94. The van der Waals surface area contributed by atoms with Gasteiger partial charge in [0.1, 0.15) is 11.8 Å². The van der Waals surface area contributed by atoms with E-state index in [-0.39, 0.29) is 16.9 Å². The number of anilines is 1. The number of fused-ring (bicyclic) bond motifs is 1. The van der Waals surface area contributed by atoms with Crippen LogP contribution in [0.15, 0.2) is 47.7 Å². The number of allylic oxidation sites excluding steroid dienone is 2. The zero-order valence-electron chi connectivity index (χ0n) is 20.4. The minimum atomic E-state index is -0.514. The molecule has 9 nitrogen and oxygen atoms in total. The van der Waals surface area contributed by atoms with Crippen LogP contribution in [0.1, 0.15) is 38.3 Å². The molecule has 1 unspecified atom stereocenters. The quantitative estimate of drug-likeness (QED) is 0.560. The number of nitrogens with zero attached hydrogens (tertiary/aromatic N) is 3. The highest BCUT2D eigenvalue weighted by atomic mass is 16.5. The SMILES string of the molecule is COc1cc(-c2nc3n(n2)C(c2cccc(O)c2)C2=C(CC(C)(C)CC2=O)N3)cc(OC)c1OC. The summed E-state index contributed by atoms with van der Waals surface area (Å²) in [5.74, 6) is 2.59.